The fraction of sp³-hybridized carbons (Fsp3) is 0.286. The number of nitrogens with two attached hydrogens (primary N) is 1. The number of aryl methyl sites for hydroxylation is 2. The number of carbonyl (C=O) groups excluding carboxylic acids is 1. The highest BCUT2D eigenvalue weighted by atomic mass is 16.5. The number of carbonyl (C=O) groups is 1. The van der Waals surface area contributed by atoms with Crippen LogP contribution in [0.25, 0.3) is 11.1 Å². The fourth-order valence-corrected chi connectivity index (χ4v) is 2.21. The molecule has 5 nitrogen and oxygen atoms in total. The zero-order valence-electron chi connectivity index (χ0n) is 11.5. The number of nitrogens with zero attached hydrogens (tertiary/aromatic N) is 2. The number of rotatable bonds is 2. The minimum atomic E-state index is -0.427. The molecule has 2 rings (SSSR count). The number of aromatic nitrogens is 2. The highest BCUT2D eigenvalue weighted by Crippen LogP contribution is 2.29. The first-order valence-electron chi connectivity index (χ1n) is 5.94. The lowest BCUT2D eigenvalue weighted by atomic mass is 10.0. The third-order valence-electron chi connectivity index (χ3n) is 3.25. The Morgan fingerprint density at radius 2 is 2.05 bits per heavy atom. The molecular weight excluding hydrogens is 242 g/mol. The van der Waals surface area contributed by atoms with Gasteiger partial charge in [0.25, 0.3) is 0 Å². The molecule has 0 fully saturated rings. The van der Waals surface area contributed by atoms with E-state index in [2.05, 4.69) is 9.84 Å². The lowest BCUT2D eigenvalue weighted by Crippen LogP contribution is -2.05. The summed E-state index contributed by atoms with van der Waals surface area (Å²) in [5.74, 6) is -0.427. The number of ether oxygens (including phenoxy) is 1. The predicted octanol–water partition coefficient (Wildman–Crippen LogP) is 2.07. The molecule has 0 atom stereocenters. The van der Waals surface area contributed by atoms with Crippen LogP contribution in [0, 0.1) is 13.8 Å². The van der Waals surface area contributed by atoms with Gasteiger partial charge in [-0.2, -0.15) is 5.10 Å². The van der Waals surface area contributed by atoms with Crippen molar-refractivity contribution < 1.29 is 9.53 Å². The molecule has 0 aliphatic rings. The molecule has 19 heavy (non-hydrogen) atoms. The quantitative estimate of drug-likeness (QED) is 0.662. The maximum absolute atomic E-state index is 11.5. The predicted molar refractivity (Wildman–Crippen MR) is 73.9 cm³/mol. The topological polar surface area (TPSA) is 70.1 Å². The van der Waals surface area contributed by atoms with Gasteiger partial charge in [0.05, 0.1) is 18.4 Å². The van der Waals surface area contributed by atoms with Crippen LogP contribution in [0.2, 0.25) is 0 Å². The number of esters is 1. The number of hydrogen-bond acceptors (Lipinski definition) is 4. The molecule has 100 valence electrons. The first-order valence-corrected chi connectivity index (χ1v) is 5.94. The molecule has 0 bridgehead atoms. The van der Waals surface area contributed by atoms with E-state index in [1.165, 1.54) is 7.11 Å². The summed E-state index contributed by atoms with van der Waals surface area (Å²) in [6.07, 6.45) is 0. The van der Waals surface area contributed by atoms with E-state index in [4.69, 9.17) is 5.73 Å². The van der Waals surface area contributed by atoms with Crippen LogP contribution >= 0.6 is 0 Å². The van der Waals surface area contributed by atoms with Crippen molar-refractivity contribution in [3.05, 3.63) is 35.2 Å². The Labute approximate surface area is 112 Å². The van der Waals surface area contributed by atoms with Gasteiger partial charge in [0.1, 0.15) is 0 Å². The molecule has 0 saturated carbocycles. The molecular formula is C14H17N3O2. The molecule has 1 heterocycles. The van der Waals surface area contributed by atoms with Crippen molar-refractivity contribution in [1.82, 2.24) is 9.78 Å². The minimum Gasteiger partial charge on any atom is -0.465 e. The minimum absolute atomic E-state index is 0.380. The van der Waals surface area contributed by atoms with Gasteiger partial charge in [-0.1, -0.05) is 6.07 Å². The molecule has 5 heteroatoms. The zero-order valence-corrected chi connectivity index (χ0v) is 11.5. The van der Waals surface area contributed by atoms with Gasteiger partial charge >= 0.3 is 5.97 Å². The number of benzene rings is 1. The molecule has 0 aliphatic heterocycles. The number of methoxy groups -OCH3 is 1. The Morgan fingerprint density at radius 1 is 1.37 bits per heavy atom. The van der Waals surface area contributed by atoms with E-state index in [0.29, 0.717) is 11.3 Å². The van der Waals surface area contributed by atoms with Crippen LogP contribution in [0.5, 0.6) is 0 Å². The summed E-state index contributed by atoms with van der Waals surface area (Å²) in [5.41, 5.74) is 10.7. The molecule has 0 aliphatic carbocycles. The first-order chi connectivity index (χ1) is 8.95. The fourth-order valence-electron chi connectivity index (χ4n) is 2.21. The van der Waals surface area contributed by atoms with Gasteiger partial charge in [-0.3, -0.25) is 4.68 Å². The Bertz CT molecular complexity index is 644. The number of nitrogen functional groups attached to an aromatic ring is 1. The van der Waals surface area contributed by atoms with Crippen molar-refractivity contribution in [3.8, 4) is 11.1 Å². The van der Waals surface area contributed by atoms with Gasteiger partial charge in [0.15, 0.2) is 0 Å². The second-order valence-electron chi connectivity index (χ2n) is 4.46. The third-order valence-corrected chi connectivity index (χ3v) is 3.25. The maximum atomic E-state index is 11.5. The van der Waals surface area contributed by atoms with Crippen LogP contribution in [0.15, 0.2) is 18.2 Å². The molecule has 0 amide bonds. The SMILES string of the molecule is COC(=O)c1ccc(-c2c(C)nn(C)c2C)cc1N. The van der Waals surface area contributed by atoms with Crippen molar-refractivity contribution in [1.29, 1.82) is 0 Å². The molecule has 2 N–H and O–H groups in total. The van der Waals surface area contributed by atoms with Crippen LogP contribution in [0.3, 0.4) is 0 Å². The average Bonchev–Trinajstić information content (AvgIpc) is 2.62. The molecule has 0 unspecified atom stereocenters. The van der Waals surface area contributed by atoms with E-state index >= 15 is 0 Å². The van der Waals surface area contributed by atoms with Gasteiger partial charge < -0.3 is 10.5 Å². The maximum Gasteiger partial charge on any atom is 0.339 e. The van der Waals surface area contributed by atoms with Crippen molar-refractivity contribution in [2.24, 2.45) is 7.05 Å². The Balaban J connectivity index is 2.53. The summed E-state index contributed by atoms with van der Waals surface area (Å²) in [6, 6.07) is 5.32. The summed E-state index contributed by atoms with van der Waals surface area (Å²) in [5, 5.41) is 4.37. The van der Waals surface area contributed by atoms with Crippen LogP contribution in [0.4, 0.5) is 5.69 Å². The van der Waals surface area contributed by atoms with Gasteiger partial charge in [-0.05, 0) is 31.5 Å². The average molecular weight is 259 g/mol. The smallest absolute Gasteiger partial charge is 0.339 e. The molecule has 0 spiro atoms. The van der Waals surface area contributed by atoms with Gasteiger partial charge in [-0.25, -0.2) is 4.79 Å². The summed E-state index contributed by atoms with van der Waals surface area (Å²) in [7, 11) is 3.24. The normalized spacial score (nSPS) is 10.5. The van der Waals surface area contributed by atoms with E-state index in [9.17, 15) is 4.79 Å². The van der Waals surface area contributed by atoms with Crippen LogP contribution in [-0.2, 0) is 11.8 Å². The molecule has 0 saturated heterocycles. The van der Waals surface area contributed by atoms with E-state index < -0.39 is 5.97 Å². The first kappa shape index (κ1) is 13.1. The molecule has 1 aromatic carbocycles. The zero-order chi connectivity index (χ0) is 14.2. The Hall–Kier alpha value is -2.30. The standard InChI is InChI=1S/C14H17N3O2/c1-8-13(9(2)17(3)16-8)10-5-6-11(12(15)7-10)14(18)19-4/h5-7H,15H2,1-4H3. The lowest BCUT2D eigenvalue weighted by molar-refractivity contribution is 0.0602. The van der Waals surface area contributed by atoms with Gasteiger partial charge in [0.2, 0.25) is 0 Å². The highest BCUT2D eigenvalue weighted by molar-refractivity contribution is 5.96. The monoisotopic (exact) mass is 259 g/mol. The second-order valence-corrected chi connectivity index (χ2v) is 4.46. The second kappa shape index (κ2) is 4.76. The number of anilines is 1. The van der Waals surface area contributed by atoms with Gasteiger partial charge in [-0.15, -0.1) is 0 Å². The molecule has 0 radical (unpaired) electrons. The molecule has 2 aromatic rings. The van der Waals surface area contributed by atoms with Crippen LogP contribution in [-0.4, -0.2) is 22.9 Å². The van der Waals surface area contributed by atoms with Crippen molar-refractivity contribution in [3.63, 3.8) is 0 Å². The summed E-state index contributed by atoms with van der Waals surface area (Å²) < 4.78 is 6.51. The Morgan fingerprint density at radius 3 is 2.53 bits per heavy atom. The van der Waals surface area contributed by atoms with E-state index in [0.717, 1.165) is 22.5 Å². The highest BCUT2D eigenvalue weighted by Gasteiger charge is 2.15. The third kappa shape index (κ3) is 2.19. The van der Waals surface area contributed by atoms with E-state index in [1.807, 2.05) is 31.6 Å². The summed E-state index contributed by atoms with van der Waals surface area (Å²) in [6.45, 7) is 3.95. The largest absolute Gasteiger partial charge is 0.465 e. The number of hydrogen-bond donors (Lipinski definition) is 1. The summed E-state index contributed by atoms with van der Waals surface area (Å²) in [4.78, 5) is 11.5. The van der Waals surface area contributed by atoms with E-state index in [-0.39, 0.29) is 0 Å². The van der Waals surface area contributed by atoms with Crippen LogP contribution in [0.1, 0.15) is 21.7 Å². The lowest BCUT2D eigenvalue weighted by Gasteiger charge is -2.07. The van der Waals surface area contributed by atoms with Crippen molar-refractivity contribution in [2.75, 3.05) is 12.8 Å². The van der Waals surface area contributed by atoms with Crippen molar-refractivity contribution >= 4 is 11.7 Å². The van der Waals surface area contributed by atoms with Crippen LogP contribution < -0.4 is 5.73 Å². The van der Waals surface area contributed by atoms with E-state index in [1.54, 1.807) is 12.1 Å². The summed E-state index contributed by atoms with van der Waals surface area (Å²) >= 11 is 0. The van der Waals surface area contributed by atoms with Crippen molar-refractivity contribution in [2.45, 2.75) is 13.8 Å². The van der Waals surface area contributed by atoms with Gasteiger partial charge in [0, 0.05) is 24.0 Å². The molecule has 1 aromatic heterocycles. The Kier molecular flexibility index (Phi) is 3.29.